The van der Waals surface area contributed by atoms with Gasteiger partial charge >= 0.3 is 0 Å². The van der Waals surface area contributed by atoms with Gasteiger partial charge in [-0.2, -0.15) is 0 Å². The molecular formula is C15H13Cl2N3OS. The van der Waals surface area contributed by atoms with Crippen LogP contribution in [0.3, 0.4) is 0 Å². The van der Waals surface area contributed by atoms with Gasteiger partial charge in [0.15, 0.2) is 4.96 Å². The van der Waals surface area contributed by atoms with Crippen LogP contribution in [-0.2, 0) is 13.1 Å². The standard InChI is InChI=1S/C15H13Cl2N3OS/c1-19(8-10-4-11(16)6-12(17)5-10)9-13-7-14(21)20-2-3-22-15(20)18-13/h2-7H,8-9H2,1H3. The second-order valence-corrected chi connectivity index (χ2v) is 6.84. The van der Waals surface area contributed by atoms with Crippen molar-refractivity contribution < 1.29 is 0 Å². The highest BCUT2D eigenvalue weighted by atomic mass is 35.5. The fourth-order valence-corrected chi connectivity index (χ4v) is 3.63. The van der Waals surface area contributed by atoms with Crippen LogP contribution in [-0.4, -0.2) is 21.3 Å². The molecule has 0 radical (unpaired) electrons. The first kappa shape index (κ1) is 15.5. The smallest absolute Gasteiger partial charge is 0.258 e. The molecule has 0 aliphatic carbocycles. The Morgan fingerprint density at radius 1 is 1.18 bits per heavy atom. The maximum atomic E-state index is 12.0. The van der Waals surface area contributed by atoms with E-state index in [0.29, 0.717) is 28.1 Å². The number of hydrogen-bond donors (Lipinski definition) is 0. The summed E-state index contributed by atoms with van der Waals surface area (Å²) in [6.45, 7) is 1.25. The van der Waals surface area contributed by atoms with E-state index in [1.165, 1.54) is 11.3 Å². The minimum absolute atomic E-state index is 0.0551. The third-order valence-electron chi connectivity index (χ3n) is 3.16. The summed E-state index contributed by atoms with van der Waals surface area (Å²) < 4.78 is 1.55. The molecule has 0 bridgehead atoms. The molecule has 0 saturated carbocycles. The molecule has 0 spiro atoms. The van der Waals surface area contributed by atoms with Crippen LogP contribution in [0.25, 0.3) is 4.96 Å². The van der Waals surface area contributed by atoms with Gasteiger partial charge in [-0.3, -0.25) is 14.1 Å². The molecule has 0 fully saturated rings. The van der Waals surface area contributed by atoms with E-state index in [9.17, 15) is 4.79 Å². The number of fused-ring (bicyclic) bond motifs is 1. The van der Waals surface area contributed by atoms with E-state index >= 15 is 0 Å². The number of benzene rings is 1. The number of rotatable bonds is 4. The monoisotopic (exact) mass is 353 g/mol. The second-order valence-electron chi connectivity index (χ2n) is 5.09. The van der Waals surface area contributed by atoms with Gasteiger partial charge in [-0.05, 0) is 30.8 Å². The van der Waals surface area contributed by atoms with E-state index in [4.69, 9.17) is 23.2 Å². The molecule has 2 aromatic heterocycles. The minimum Gasteiger partial charge on any atom is -0.296 e. The molecule has 0 saturated heterocycles. The van der Waals surface area contributed by atoms with E-state index in [1.54, 1.807) is 22.7 Å². The van der Waals surface area contributed by atoms with Crippen LogP contribution < -0.4 is 5.56 Å². The third-order valence-corrected chi connectivity index (χ3v) is 4.36. The number of nitrogens with zero attached hydrogens (tertiary/aromatic N) is 3. The molecule has 22 heavy (non-hydrogen) atoms. The topological polar surface area (TPSA) is 37.6 Å². The predicted molar refractivity (Wildman–Crippen MR) is 91.0 cm³/mol. The average molecular weight is 354 g/mol. The lowest BCUT2D eigenvalue weighted by atomic mass is 10.2. The van der Waals surface area contributed by atoms with Crippen molar-refractivity contribution in [2.24, 2.45) is 0 Å². The lowest BCUT2D eigenvalue weighted by Gasteiger charge is -2.16. The molecule has 0 N–H and O–H groups in total. The molecule has 0 unspecified atom stereocenters. The summed E-state index contributed by atoms with van der Waals surface area (Å²) in [7, 11) is 1.97. The van der Waals surface area contributed by atoms with E-state index in [0.717, 1.165) is 11.3 Å². The summed E-state index contributed by atoms with van der Waals surface area (Å²) >= 11 is 13.5. The predicted octanol–water partition coefficient (Wildman–Crippen LogP) is 3.69. The lowest BCUT2D eigenvalue weighted by molar-refractivity contribution is 0.315. The number of thiazole rings is 1. The van der Waals surface area contributed by atoms with Crippen molar-refractivity contribution in [2.75, 3.05) is 7.05 Å². The second kappa shape index (κ2) is 6.38. The summed E-state index contributed by atoms with van der Waals surface area (Å²) in [6.07, 6.45) is 1.73. The number of hydrogen-bond acceptors (Lipinski definition) is 4. The molecule has 0 aliphatic rings. The molecule has 3 aromatic rings. The molecule has 1 aromatic carbocycles. The van der Waals surface area contributed by atoms with Crippen molar-refractivity contribution in [2.45, 2.75) is 13.1 Å². The SMILES string of the molecule is CN(Cc1cc(Cl)cc(Cl)c1)Cc1cc(=O)n2ccsc2n1. The van der Waals surface area contributed by atoms with E-state index in [1.807, 2.05) is 24.6 Å². The number of aromatic nitrogens is 2. The Morgan fingerprint density at radius 3 is 2.64 bits per heavy atom. The fourth-order valence-electron chi connectivity index (χ4n) is 2.32. The van der Waals surface area contributed by atoms with Crippen molar-refractivity contribution >= 4 is 39.5 Å². The van der Waals surface area contributed by atoms with Gasteiger partial charge in [-0.1, -0.05) is 23.2 Å². The maximum absolute atomic E-state index is 12.0. The Labute approximate surface area is 141 Å². The zero-order chi connectivity index (χ0) is 15.7. The molecular weight excluding hydrogens is 341 g/mol. The Kier molecular flexibility index (Phi) is 4.49. The lowest BCUT2D eigenvalue weighted by Crippen LogP contribution is -2.21. The van der Waals surface area contributed by atoms with Crippen LogP contribution in [0.15, 0.2) is 40.6 Å². The average Bonchev–Trinajstić information content (AvgIpc) is 2.85. The van der Waals surface area contributed by atoms with Gasteiger partial charge < -0.3 is 0 Å². The Balaban J connectivity index is 1.77. The van der Waals surface area contributed by atoms with E-state index in [2.05, 4.69) is 9.88 Å². The van der Waals surface area contributed by atoms with Crippen molar-refractivity contribution in [1.29, 1.82) is 0 Å². The maximum Gasteiger partial charge on any atom is 0.258 e. The zero-order valence-electron chi connectivity index (χ0n) is 11.8. The molecule has 0 atom stereocenters. The Morgan fingerprint density at radius 2 is 1.91 bits per heavy atom. The van der Waals surface area contributed by atoms with Crippen molar-refractivity contribution in [3.8, 4) is 0 Å². The zero-order valence-corrected chi connectivity index (χ0v) is 14.1. The van der Waals surface area contributed by atoms with Gasteiger partial charge in [0.05, 0.1) is 5.69 Å². The van der Waals surface area contributed by atoms with Gasteiger partial charge in [0.25, 0.3) is 5.56 Å². The van der Waals surface area contributed by atoms with Gasteiger partial charge in [0.2, 0.25) is 0 Å². The first-order chi connectivity index (χ1) is 10.5. The third kappa shape index (κ3) is 3.50. The van der Waals surface area contributed by atoms with Gasteiger partial charge in [-0.25, -0.2) is 4.98 Å². The van der Waals surface area contributed by atoms with E-state index < -0.39 is 0 Å². The van der Waals surface area contributed by atoms with Crippen molar-refractivity contribution in [3.05, 3.63) is 67.5 Å². The van der Waals surface area contributed by atoms with Crippen LogP contribution in [0.2, 0.25) is 10.0 Å². The molecule has 0 aliphatic heterocycles. The normalized spacial score (nSPS) is 11.5. The van der Waals surface area contributed by atoms with Crippen LogP contribution in [0.4, 0.5) is 0 Å². The minimum atomic E-state index is -0.0551. The van der Waals surface area contributed by atoms with Gasteiger partial charge in [-0.15, -0.1) is 11.3 Å². The van der Waals surface area contributed by atoms with Gasteiger partial charge in [0, 0.05) is 40.8 Å². The Bertz CT molecular complexity index is 854. The molecule has 0 amide bonds. The summed E-state index contributed by atoms with van der Waals surface area (Å²) in [5.74, 6) is 0. The summed E-state index contributed by atoms with van der Waals surface area (Å²) in [4.78, 5) is 19.2. The quantitative estimate of drug-likeness (QED) is 0.717. The van der Waals surface area contributed by atoms with Crippen molar-refractivity contribution in [3.63, 3.8) is 0 Å². The van der Waals surface area contributed by atoms with Crippen molar-refractivity contribution in [1.82, 2.24) is 14.3 Å². The first-order valence-corrected chi connectivity index (χ1v) is 8.24. The highest BCUT2D eigenvalue weighted by Gasteiger charge is 2.08. The summed E-state index contributed by atoms with van der Waals surface area (Å²) in [5, 5.41) is 3.09. The van der Waals surface area contributed by atoms with Crippen LogP contribution in [0, 0.1) is 0 Å². The summed E-state index contributed by atoms with van der Waals surface area (Å²) in [6, 6.07) is 7.05. The highest BCUT2D eigenvalue weighted by Crippen LogP contribution is 2.20. The molecule has 3 rings (SSSR count). The number of halogens is 2. The molecule has 7 heteroatoms. The van der Waals surface area contributed by atoms with Crippen LogP contribution in [0.1, 0.15) is 11.3 Å². The molecule has 4 nitrogen and oxygen atoms in total. The van der Waals surface area contributed by atoms with E-state index in [-0.39, 0.29) is 5.56 Å². The van der Waals surface area contributed by atoms with Gasteiger partial charge in [0.1, 0.15) is 0 Å². The fraction of sp³-hybridized carbons (Fsp3) is 0.200. The molecule has 2 heterocycles. The molecule has 114 valence electrons. The Hall–Kier alpha value is -1.40. The summed E-state index contributed by atoms with van der Waals surface area (Å²) in [5.41, 5.74) is 1.72. The largest absolute Gasteiger partial charge is 0.296 e. The first-order valence-electron chi connectivity index (χ1n) is 6.60. The highest BCUT2D eigenvalue weighted by molar-refractivity contribution is 7.15. The van der Waals surface area contributed by atoms with Crippen LogP contribution >= 0.6 is 34.5 Å². The van der Waals surface area contributed by atoms with Crippen LogP contribution in [0.5, 0.6) is 0 Å².